The van der Waals surface area contributed by atoms with E-state index in [0.29, 0.717) is 5.56 Å². The molecule has 208 valence electrons. The molecule has 0 fully saturated rings. The fourth-order valence-electron chi connectivity index (χ4n) is 6.10. The van der Waals surface area contributed by atoms with Gasteiger partial charge < -0.3 is 9.47 Å². The molecule has 44 heavy (non-hydrogen) atoms. The SMILES string of the molecule is [2H]/C(=C(/[2H])c1ccc2c(c1)c1ccccc1n2-c1ccccc1)c1ccc2ccc(N(c3ccccc3)c3ccccc3)cc2c1. The molecule has 0 N–H and O–H groups in total. The van der Waals surface area contributed by atoms with Crippen molar-refractivity contribution in [3.05, 3.63) is 181 Å². The van der Waals surface area contributed by atoms with Gasteiger partial charge in [-0.25, -0.2) is 0 Å². The van der Waals surface area contributed by atoms with E-state index in [0.717, 1.165) is 60.9 Å². The molecule has 0 aliphatic carbocycles. The Morgan fingerprint density at radius 3 is 1.73 bits per heavy atom. The summed E-state index contributed by atoms with van der Waals surface area (Å²) in [7, 11) is 0. The van der Waals surface area contributed by atoms with Gasteiger partial charge in [-0.3, -0.25) is 0 Å². The zero-order chi connectivity index (χ0) is 31.0. The van der Waals surface area contributed by atoms with Crippen LogP contribution >= 0.6 is 0 Å². The molecular formula is C42H30N2. The van der Waals surface area contributed by atoms with Gasteiger partial charge in [-0.05, 0) is 94.7 Å². The standard InChI is InChI=1S/C42H30N2/c1-4-12-35(13-5-1)43(36-14-6-2-7-15-36)38-26-25-33-24-22-31(28-34(33)30-38)20-21-32-23-27-42-40(29-32)39-18-10-11-19-41(39)44(42)37-16-8-3-9-17-37/h1-30H/b21-20+/i20D,21D. The summed E-state index contributed by atoms with van der Waals surface area (Å²) in [6, 6.07) is 58.4. The number of nitrogens with zero attached hydrogens (tertiary/aromatic N) is 2. The Labute approximate surface area is 260 Å². The smallest absolute Gasteiger partial charge is 0.0629 e. The van der Waals surface area contributed by atoms with Gasteiger partial charge in [0, 0.05) is 33.5 Å². The topological polar surface area (TPSA) is 8.17 Å². The van der Waals surface area contributed by atoms with Crippen molar-refractivity contribution in [3.8, 4) is 5.69 Å². The molecule has 0 saturated carbocycles. The summed E-state index contributed by atoms with van der Waals surface area (Å²) in [5, 5.41) is 4.30. The summed E-state index contributed by atoms with van der Waals surface area (Å²) in [5.74, 6) is 0. The predicted molar refractivity (Wildman–Crippen MR) is 188 cm³/mol. The van der Waals surface area contributed by atoms with Crippen LogP contribution in [0.4, 0.5) is 17.1 Å². The minimum Gasteiger partial charge on any atom is -0.310 e. The molecule has 0 radical (unpaired) electrons. The van der Waals surface area contributed by atoms with E-state index in [1.807, 2.05) is 66.7 Å². The van der Waals surface area contributed by atoms with Gasteiger partial charge in [-0.2, -0.15) is 0 Å². The van der Waals surface area contributed by atoms with Gasteiger partial charge in [0.25, 0.3) is 0 Å². The van der Waals surface area contributed by atoms with Gasteiger partial charge in [0.2, 0.25) is 0 Å². The number of hydrogen-bond acceptors (Lipinski definition) is 1. The predicted octanol–water partition coefficient (Wildman–Crippen LogP) is 11.6. The van der Waals surface area contributed by atoms with E-state index in [4.69, 9.17) is 2.74 Å². The lowest BCUT2D eigenvalue weighted by molar-refractivity contribution is 1.18. The number of anilines is 3. The maximum atomic E-state index is 9.13. The number of rotatable bonds is 6. The zero-order valence-electron chi connectivity index (χ0n) is 26.1. The molecule has 0 saturated heterocycles. The number of fused-ring (bicyclic) bond motifs is 4. The fourth-order valence-corrected chi connectivity index (χ4v) is 6.10. The van der Waals surface area contributed by atoms with Gasteiger partial charge in [0.15, 0.2) is 0 Å². The Kier molecular flexibility index (Phi) is 5.97. The Balaban J connectivity index is 1.22. The van der Waals surface area contributed by atoms with Crippen molar-refractivity contribution in [1.82, 2.24) is 4.57 Å². The molecule has 7 aromatic carbocycles. The van der Waals surface area contributed by atoms with Gasteiger partial charge in [-0.15, -0.1) is 0 Å². The van der Waals surface area contributed by atoms with Crippen LogP contribution in [0.5, 0.6) is 0 Å². The highest BCUT2D eigenvalue weighted by molar-refractivity contribution is 6.10. The lowest BCUT2D eigenvalue weighted by Crippen LogP contribution is -2.09. The average molecular weight is 565 g/mol. The van der Waals surface area contributed by atoms with Crippen molar-refractivity contribution in [2.75, 3.05) is 4.90 Å². The van der Waals surface area contributed by atoms with Gasteiger partial charge in [-0.1, -0.05) is 109 Å². The summed E-state index contributed by atoms with van der Waals surface area (Å²) in [6.45, 7) is 0. The molecular weight excluding hydrogens is 532 g/mol. The summed E-state index contributed by atoms with van der Waals surface area (Å²) < 4.78 is 20.5. The maximum absolute atomic E-state index is 9.13. The molecule has 8 rings (SSSR count). The molecule has 0 atom stereocenters. The largest absolute Gasteiger partial charge is 0.310 e. The Morgan fingerprint density at radius 2 is 1.00 bits per heavy atom. The molecule has 2 heteroatoms. The van der Waals surface area contributed by atoms with E-state index >= 15 is 0 Å². The highest BCUT2D eigenvalue weighted by Gasteiger charge is 2.13. The highest BCUT2D eigenvalue weighted by Crippen LogP contribution is 2.36. The van der Waals surface area contributed by atoms with Crippen LogP contribution in [0.15, 0.2) is 170 Å². The van der Waals surface area contributed by atoms with Crippen molar-refractivity contribution in [2.45, 2.75) is 0 Å². The fraction of sp³-hybridized carbons (Fsp3) is 0. The second kappa shape index (κ2) is 11.1. The first-order valence-corrected chi connectivity index (χ1v) is 14.9. The van der Waals surface area contributed by atoms with Crippen LogP contribution in [0.25, 0.3) is 50.4 Å². The molecule has 0 spiro atoms. The minimum absolute atomic E-state index is 0.196. The quantitative estimate of drug-likeness (QED) is 0.182. The minimum atomic E-state index is 0.196. The van der Waals surface area contributed by atoms with Crippen LogP contribution in [-0.4, -0.2) is 4.57 Å². The number of aromatic nitrogens is 1. The average Bonchev–Trinajstić information content (AvgIpc) is 3.46. The van der Waals surface area contributed by atoms with E-state index < -0.39 is 0 Å². The zero-order valence-corrected chi connectivity index (χ0v) is 24.1. The molecule has 0 bridgehead atoms. The molecule has 0 unspecified atom stereocenters. The lowest BCUT2D eigenvalue weighted by atomic mass is 10.0. The van der Waals surface area contributed by atoms with Crippen molar-refractivity contribution in [2.24, 2.45) is 0 Å². The molecule has 1 aromatic heterocycles. The molecule has 2 nitrogen and oxygen atoms in total. The number of para-hydroxylation sites is 4. The van der Waals surface area contributed by atoms with Crippen LogP contribution in [0.1, 0.15) is 13.9 Å². The molecule has 0 aliphatic heterocycles. The number of benzene rings is 7. The summed E-state index contributed by atoms with van der Waals surface area (Å²) in [6.07, 6.45) is 0. The maximum Gasteiger partial charge on any atom is 0.0629 e. The Hall–Kier alpha value is -5.86. The lowest BCUT2D eigenvalue weighted by Gasteiger charge is -2.25. The first kappa shape index (κ1) is 23.7. The van der Waals surface area contributed by atoms with E-state index in [2.05, 4.69) is 113 Å². The molecule has 0 amide bonds. The van der Waals surface area contributed by atoms with E-state index in [1.54, 1.807) is 0 Å². The van der Waals surface area contributed by atoms with Crippen molar-refractivity contribution in [3.63, 3.8) is 0 Å². The van der Waals surface area contributed by atoms with Crippen LogP contribution in [0.2, 0.25) is 0 Å². The van der Waals surface area contributed by atoms with E-state index in [9.17, 15) is 0 Å². The highest BCUT2D eigenvalue weighted by atomic mass is 15.1. The van der Waals surface area contributed by atoms with Crippen molar-refractivity contribution in [1.29, 1.82) is 0 Å². The van der Waals surface area contributed by atoms with Crippen LogP contribution < -0.4 is 4.90 Å². The van der Waals surface area contributed by atoms with Crippen molar-refractivity contribution < 1.29 is 2.74 Å². The third-order valence-corrected chi connectivity index (χ3v) is 8.15. The first-order chi connectivity index (χ1) is 22.7. The monoisotopic (exact) mass is 564 g/mol. The normalized spacial score (nSPS) is 12.6. The van der Waals surface area contributed by atoms with Crippen LogP contribution in [0.3, 0.4) is 0 Å². The van der Waals surface area contributed by atoms with Gasteiger partial charge in [0.05, 0.1) is 13.8 Å². The number of hydrogen-bond donors (Lipinski definition) is 0. The third kappa shape index (κ3) is 4.73. The summed E-state index contributed by atoms with van der Waals surface area (Å²) in [5.41, 5.74) is 7.91. The van der Waals surface area contributed by atoms with Gasteiger partial charge >= 0.3 is 0 Å². The van der Waals surface area contributed by atoms with Crippen LogP contribution in [0, 0.1) is 0 Å². The molecule has 0 aliphatic rings. The van der Waals surface area contributed by atoms with E-state index in [-0.39, 0.29) is 12.1 Å². The van der Waals surface area contributed by atoms with Gasteiger partial charge in [0.1, 0.15) is 0 Å². The Morgan fingerprint density at radius 1 is 0.432 bits per heavy atom. The second-order valence-electron chi connectivity index (χ2n) is 10.9. The van der Waals surface area contributed by atoms with E-state index in [1.165, 1.54) is 0 Å². The van der Waals surface area contributed by atoms with Crippen molar-refractivity contribution >= 4 is 61.7 Å². The summed E-state index contributed by atoms with van der Waals surface area (Å²) in [4.78, 5) is 2.24. The summed E-state index contributed by atoms with van der Waals surface area (Å²) >= 11 is 0. The van der Waals surface area contributed by atoms with Crippen LogP contribution in [-0.2, 0) is 0 Å². The Bertz CT molecular complexity index is 2340. The second-order valence-corrected chi connectivity index (χ2v) is 10.9. The molecule has 1 heterocycles. The third-order valence-electron chi connectivity index (χ3n) is 8.15. The molecule has 8 aromatic rings. The first-order valence-electron chi connectivity index (χ1n) is 15.9.